The summed E-state index contributed by atoms with van der Waals surface area (Å²) in [6, 6.07) is 19.9. The van der Waals surface area contributed by atoms with E-state index < -0.39 is 54.1 Å². The lowest BCUT2D eigenvalue weighted by Crippen LogP contribution is -2.43. The summed E-state index contributed by atoms with van der Waals surface area (Å²) in [7, 11) is 0. The van der Waals surface area contributed by atoms with E-state index in [0.29, 0.717) is 0 Å². The molecule has 1 atom stereocenters. The molecular weight excluding hydrogens is 589 g/mol. The Labute approximate surface area is 248 Å². The second-order valence-corrected chi connectivity index (χ2v) is 9.11. The highest BCUT2D eigenvalue weighted by Crippen LogP contribution is 2.25. The minimum absolute atomic E-state index is 0.0165. The number of halogens is 3. The zero-order chi connectivity index (χ0) is 32.9. The fourth-order valence-electron chi connectivity index (χ4n) is 3.89. The van der Waals surface area contributed by atoms with Crippen molar-refractivity contribution >= 4 is 29.7 Å². The summed E-state index contributed by atoms with van der Waals surface area (Å²) in [5, 5.41) is 27.8. The highest BCUT2D eigenvalue weighted by molar-refractivity contribution is 5.96. The van der Waals surface area contributed by atoms with Crippen LogP contribution in [0.15, 0.2) is 88.8 Å². The van der Waals surface area contributed by atoms with E-state index in [1.807, 2.05) is 60.7 Å². The van der Waals surface area contributed by atoms with E-state index in [2.05, 4.69) is 10.3 Å². The van der Waals surface area contributed by atoms with Gasteiger partial charge in [0.05, 0.1) is 6.04 Å². The molecule has 0 unspecified atom stereocenters. The third-order valence-corrected chi connectivity index (χ3v) is 5.87. The molecule has 0 radical (unpaired) electrons. The van der Waals surface area contributed by atoms with Crippen molar-refractivity contribution in [2.24, 2.45) is 10.7 Å². The molecule has 0 aliphatic carbocycles. The normalized spacial score (nSPS) is 12.0. The molecule has 3 rings (SSSR count). The van der Waals surface area contributed by atoms with Crippen LogP contribution in [-0.4, -0.2) is 68.3 Å². The van der Waals surface area contributed by atoms with Crippen LogP contribution < -0.4 is 16.6 Å². The number of nitrogens with one attached hydrogen (secondary N) is 1. The van der Waals surface area contributed by atoms with Gasteiger partial charge < -0.3 is 30.9 Å². The summed E-state index contributed by atoms with van der Waals surface area (Å²) >= 11 is 0. The van der Waals surface area contributed by atoms with E-state index in [1.54, 1.807) is 12.3 Å². The van der Waals surface area contributed by atoms with Crippen LogP contribution in [0, 0.1) is 0 Å². The second kappa shape index (κ2) is 16.2. The SMILES string of the molecule is NC(CC(=O)O)=NCCC[C@H](NC(=O)c1cccn(C(c2ccccc2)c2ccccc2)c1=O)C(=O)O.O=C(O)C(F)(F)F. The van der Waals surface area contributed by atoms with Crippen molar-refractivity contribution in [2.75, 3.05) is 6.54 Å². The van der Waals surface area contributed by atoms with Crippen molar-refractivity contribution in [1.82, 2.24) is 9.88 Å². The number of amidine groups is 1. The molecule has 0 saturated heterocycles. The fourth-order valence-corrected chi connectivity index (χ4v) is 3.89. The van der Waals surface area contributed by atoms with Crippen LogP contribution in [0.5, 0.6) is 0 Å². The molecule has 3 aromatic rings. The maximum atomic E-state index is 13.4. The first kappa shape index (κ1) is 34.7. The summed E-state index contributed by atoms with van der Waals surface area (Å²) in [4.78, 5) is 61.6. The Hall–Kier alpha value is -5.47. The predicted molar refractivity (Wildman–Crippen MR) is 151 cm³/mol. The summed E-state index contributed by atoms with van der Waals surface area (Å²) in [6.07, 6.45) is -3.65. The monoisotopic (exact) mass is 618 g/mol. The van der Waals surface area contributed by atoms with Gasteiger partial charge in [-0.05, 0) is 36.1 Å². The third kappa shape index (κ3) is 10.7. The molecule has 0 bridgehead atoms. The van der Waals surface area contributed by atoms with Gasteiger partial charge in [0.1, 0.15) is 23.9 Å². The van der Waals surface area contributed by atoms with Gasteiger partial charge in [-0.3, -0.25) is 19.4 Å². The standard InChI is InChI=1S/C27H28N4O6.C2HF3O2/c28-22(17-23(32)33)29-15-7-14-21(27(36)37)30-25(34)20-13-8-16-31(26(20)35)24(18-9-3-1-4-10-18)19-11-5-2-6-12-19;3-2(4,5)1(6)7/h1-6,8-13,16,21,24H,7,14-15,17H2,(H2,28,29)(H,30,34)(H,32,33)(H,36,37);(H,6,7)/t21-;/m0./s1. The number of aliphatic carboxylic acids is 3. The maximum absolute atomic E-state index is 13.4. The largest absolute Gasteiger partial charge is 0.490 e. The lowest BCUT2D eigenvalue weighted by Gasteiger charge is -2.22. The van der Waals surface area contributed by atoms with Crippen LogP contribution in [0.3, 0.4) is 0 Å². The molecule has 0 saturated carbocycles. The number of aromatic nitrogens is 1. The number of carbonyl (C=O) groups excluding carboxylic acids is 1. The number of aliphatic imine (C=N–C) groups is 1. The summed E-state index contributed by atoms with van der Waals surface area (Å²) in [5.74, 6) is -6.02. The van der Waals surface area contributed by atoms with Crippen molar-refractivity contribution in [3.8, 4) is 0 Å². The van der Waals surface area contributed by atoms with E-state index in [9.17, 15) is 37.5 Å². The van der Waals surface area contributed by atoms with Gasteiger partial charge in [0.2, 0.25) is 0 Å². The Bertz CT molecular complexity index is 1490. The molecule has 0 spiro atoms. The minimum Gasteiger partial charge on any atom is -0.481 e. The van der Waals surface area contributed by atoms with Crippen molar-refractivity contribution in [2.45, 2.75) is 37.5 Å². The number of hydrogen-bond acceptors (Lipinski definition) is 6. The first-order valence-corrected chi connectivity index (χ1v) is 12.9. The van der Waals surface area contributed by atoms with E-state index in [4.69, 9.17) is 20.7 Å². The van der Waals surface area contributed by atoms with Crippen molar-refractivity contribution in [3.63, 3.8) is 0 Å². The van der Waals surface area contributed by atoms with Crippen LogP contribution in [-0.2, 0) is 14.4 Å². The number of nitrogens with zero attached hydrogens (tertiary/aromatic N) is 2. The zero-order valence-electron chi connectivity index (χ0n) is 23.0. The van der Waals surface area contributed by atoms with Gasteiger partial charge in [-0.25, -0.2) is 9.59 Å². The first-order chi connectivity index (χ1) is 20.7. The Morgan fingerprint density at radius 3 is 1.86 bits per heavy atom. The van der Waals surface area contributed by atoms with Gasteiger partial charge in [0, 0.05) is 12.7 Å². The van der Waals surface area contributed by atoms with Gasteiger partial charge in [0.15, 0.2) is 0 Å². The molecule has 6 N–H and O–H groups in total. The number of pyridine rings is 1. The highest BCUT2D eigenvalue weighted by atomic mass is 19.4. The average Bonchev–Trinajstić information content (AvgIpc) is 2.96. The van der Waals surface area contributed by atoms with Gasteiger partial charge in [-0.1, -0.05) is 60.7 Å². The molecule has 44 heavy (non-hydrogen) atoms. The summed E-state index contributed by atoms with van der Waals surface area (Å²) < 4.78 is 33.2. The zero-order valence-corrected chi connectivity index (χ0v) is 23.0. The molecule has 0 aliphatic heterocycles. The van der Waals surface area contributed by atoms with Crippen LogP contribution in [0.2, 0.25) is 0 Å². The predicted octanol–water partition coefficient (Wildman–Crippen LogP) is 2.91. The quantitative estimate of drug-likeness (QED) is 0.115. The van der Waals surface area contributed by atoms with Crippen LogP contribution >= 0.6 is 0 Å². The van der Waals surface area contributed by atoms with E-state index in [0.717, 1.165) is 11.1 Å². The molecule has 2 aromatic carbocycles. The number of benzene rings is 2. The van der Waals surface area contributed by atoms with E-state index >= 15 is 0 Å². The van der Waals surface area contributed by atoms with Gasteiger partial charge in [-0.15, -0.1) is 0 Å². The summed E-state index contributed by atoms with van der Waals surface area (Å²) in [5.41, 5.74) is 6.44. The molecule has 1 amide bonds. The molecule has 234 valence electrons. The third-order valence-electron chi connectivity index (χ3n) is 5.87. The first-order valence-electron chi connectivity index (χ1n) is 12.9. The molecule has 12 nitrogen and oxygen atoms in total. The number of amides is 1. The lowest BCUT2D eigenvalue weighted by atomic mass is 9.98. The van der Waals surface area contributed by atoms with Crippen molar-refractivity contribution < 1.29 is 47.7 Å². The van der Waals surface area contributed by atoms with E-state index in [1.165, 1.54) is 10.6 Å². The van der Waals surface area contributed by atoms with Gasteiger partial charge in [-0.2, -0.15) is 13.2 Å². The van der Waals surface area contributed by atoms with Gasteiger partial charge >= 0.3 is 24.1 Å². The number of carboxylic acids is 3. The average molecular weight is 619 g/mol. The Morgan fingerprint density at radius 1 is 0.886 bits per heavy atom. The summed E-state index contributed by atoms with van der Waals surface area (Å²) in [6.45, 7) is 0.104. The Kier molecular flexibility index (Phi) is 12.8. The number of alkyl halides is 3. The smallest absolute Gasteiger partial charge is 0.481 e. The molecule has 1 aromatic heterocycles. The van der Waals surface area contributed by atoms with Crippen LogP contribution in [0.4, 0.5) is 13.2 Å². The maximum Gasteiger partial charge on any atom is 0.490 e. The minimum atomic E-state index is -5.08. The topological polar surface area (TPSA) is 201 Å². The molecule has 1 heterocycles. The number of hydrogen-bond donors (Lipinski definition) is 5. The lowest BCUT2D eigenvalue weighted by molar-refractivity contribution is -0.192. The Morgan fingerprint density at radius 2 is 1.41 bits per heavy atom. The fraction of sp³-hybridized carbons (Fsp3) is 0.241. The van der Waals surface area contributed by atoms with Gasteiger partial charge in [0.25, 0.3) is 11.5 Å². The second-order valence-electron chi connectivity index (χ2n) is 9.11. The van der Waals surface area contributed by atoms with Crippen molar-refractivity contribution in [3.05, 3.63) is 106 Å². The molecular formula is C29H29F3N4O8. The Balaban J connectivity index is 0.000000860. The van der Waals surface area contributed by atoms with E-state index in [-0.39, 0.29) is 30.8 Å². The van der Waals surface area contributed by atoms with Crippen LogP contribution in [0.1, 0.15) is 46.8 Å². The number of rotatable bonds is 12. The van der Waals surface area contributed by atoms with Crippen LogP contribution in [0.25, 0.3) is 0 Å². The number of nitrogens with two attached hydrogens (primary N) is 1. The highest BCUT2D eigenvalue weighted by Gasteiger charge is 2.38. The molecule has 0 fully saturated rings. The molecule has 15 heteroatoms. The molecule has 0 aliphatic rings. The van der Waals surface area contributed by atoms with Crippen molar-refractivity contribution in [1.29, 1.82) is 0 Å². The number of carbonyl (C=O) groups is 4. The number of carboxylic acid groups (broad SMARTS) is 3.